The Bertz CT molecular complexity index is 1470. The van der Waals surface area contributed by atoms with Crippen LogP contribution in [0.15, 0.2) is 78.9 Å². The van der Waals surface area contributed by atoms with E-state index in [0.29, 0.717) is 18.0 Å². The normalized spacial score (nSPS) is 16.4. The lowest BCUT2D eigenvalue weighted by Gasteiger charge is -2.32. The lowest BCUT2D eigenvalue weighted by molar-refractivity contribution is -0.125. The van der Waals surface area contributed by atoms with Gasteiger partial charge in [0.1, 0.15) is 6.04 Å². The monoisotopic (exact) mass is 521 g/mol. The van der Waals surface area contributed by atoms with Gasteiger partial charge in [-0.25, -0.2) is 0 Å². The summed E-state index contributed by atoms with van der Waals surface area (Å²) in [4.78, 5) is 29.4. The van der Waals surface area contributed by atoms with E-state index >= 15 is 0 Å². The van der Waals surface area contributed by atoms with Crippen molar-refractivity contribution in [1.29, 1.82) is 0 Å². The number of hydrogen-bond donors (Lipinski definition) is 1. The predicted molar refractivity (Wildman–Crippen MR) is 159 cm³/mol. The molecule has 0 fully saturated rings. The molecule has 3 aromatic carbocycles. The number of amides is 2. The third kappa shape index (κ3) is 4.87. The van der Waals surface area contributed by atoms with Crippen LogP contribution in [0.2, 0.25) is 0 Å². The standard InChI is InChI=1S/C34H39N3O2/c1-5-7-15-24(6-2)22-35-33(38)23(3)37-32(26-18-11-12-19-27(26)34(37)39)30-28-20-13-14-21-29(28)36(4)31(30)25-16-9-8-10-17-25/h8-14,16-21,23-24,32H,5-7,15,22H2,1-4H3,(H,35,38). The summed E-state index contributed by atoms with van der Waals surface area (Å²) < 4.78 is 2.22. The van der Waals surface area contributed by atoms with Crippen LogP contribution in [0.3, 0.4) is 0 Å². The maximum Gasteiger partial charge on any atom is 0.255 e. The molecule has 5 rings (SSSR count). The number of benzene rings is 3. The highest BCUT2D eigenvalue weighted by Gasteiger charge is 2.44. The summed E-state index contributed by atoms with van der Waals surface area (Å²) in [7, 11) is 2.08. The summed E-state index contributed by atoms with van der Waals surface area (Å²) in [6.07, 6.45) is 4.45. The average Bonchev–Trinajstić information content (AvgIpc) is 3.43. The molecule has 1 aliphatic rings. The zero-order valence-corrected chi connectivity index (χ0v) is 23.5. The van der Waals surface area contributed by atoms with Crippen LogP contribution in [0, 0.1) is 5.92 Å². The first kappa shape index (κ1) is 26.7. The first-order chi connectivity index (χ1) is 19.0. The van der Waals surface area contributed by atoms with Gasteiger partial charge < -0.3 is 14.8 Å². The van der Waals surface area contributed by atoms with E-state index in [4.69, 9.17) is 0 Å². The third-order valence-corrected chi connectivity index (χ3v) is 8.37. The van der Waals surface area contributed by atoms with Gasteiger partial charge in [0.15, 0.2) is 0 Å². The van der Waals surface area contributed by atoms with Crippen LogP contribution in [-0.4, -0.2) is 33.9 Å². The molecule has 1 N–H and O–H groups in total. The van der Waals surface area contributed by atoms with E-state index in [1.54, 1.807) is 4.90 Å². The minimum absolute atomic E-state index is 0.0942. The minimum Gasteiger partial charge on any atom is -0.354 e. The Hall–Kier alpha value is -3.86. The molecular weight excluding hydrogens is 482 g/mol. The number of nitrogens with zero attached hydrogens (tertiary/aromatic N) is 2. The molecule has 2 amide bonds. The molecule has 5 heteroatoms. The minimum atomic E-state index is -0.624. The Labute approximate surface area is 231 Å². The highest BCUT2D eigenvalue weighted by atomic mass is 16.2. The van der Waals surface area contributed by atoms with Crippen molar-refractivity contribution in [1.82, 2.24) is 14.8 Å². The van der Waals surface area contributed by atoms with Crippen molar-refractivity contribution in [3.8, 4) is 11.3 Å². The molecule has 0 aliphatic carbocycles. The molecule has 39 heavy (non-hydrogen) atoms. The van der Waals surface area contributed by atoms with Crippen LogP contribution in [0.25, 0.3) is 22.2 Å². The topological polar surface area (TPSA) is 54.3 Å². The van der Waals surface area contributed by atoms with Crippen LogP contribution in [0.5, 0.6) is 0 Å². The van der Waals surface area contributed by atoms with Crippen LogP contribution >= 0.6 is 0 Å². The molecule has 4 aromatic rings. The van der Waals surface area contributed by atoms with Gasteiger partial charge in [-0.2, -0.15) is 0 Å². The molecular formula is C34H39N3O2. The summed E-state index contributed by atoms with van der Waals surface area (Å²) in [5, 5.41) is 4.28. The second-order valence-electron chi connectivity index (χ2n) is 10.7. The van der Waals surface area contributed by atoms with Crippen LogP contribution in [0.1, 0.15) is 74.0 Å². The molecule has 2 heterocycles. The van der Waals surface area contributed by atoms with Gasteiger partial charge >= 0.3 is 0 Å². The van der Waals surface area contributed by atoms with E-state index < -0.39 is 6.04 Å². The molecule has 5 nitrogen and oxygen atoms in total. The Kier molecular flexibility index (Phi) is 7.87. The van der Waals surface area contributed by atoms with E-state index in [2.05, 4.69) is 55.0 Å². The number of rotatable bonds is 10. The van der Waals surface area contributed by atoms with Gasteiger partial charge in [-0.1, -0.05) is 99.8 Å². The van der Waals surface area contributed by atoms with E-state index in [1.165, 1.54) is 0 Å². The largest absolute Gasteiger partial charge is 0.354 e. The van der Waals surface area contributed by atoms with Crippen molar-refractivity contribution in [2.75, 3.05) is 6.54 Å². The van der Waals surface area contributed by atoms with Gasteiger partial charge in [-0.05, 0) is 42.5 Å². The number of aryl methyl sites for hydroxylation is 1. The van der Waals surface area contributed by atoms with Gasteiger partial charge in [0.05, 0.1) is 11.7 Å². The van der Waals surface area contributed by atoms with E-state index in [9.17, 15) is 9.59 Å². The number of nitrogens with one attached hydrogen (secondary N) is 1. The predicted octanol–water partition coefficient (Wildman–Crippen LogP) is 7.11. The number of carbonyl (C=O) groups excluding carboxylic acids is 2. The summed E-state index contributed by atoms with van der Waals surface area (Å²) in [6.45, 7) is 6.88. The van der Waals surface area contributed by atoms with Crippen molar-refractivity contribution in [3.05, 3.63) is 95.6 Å². The van der Waals surface area contributed by atoms with Gasteiger partial charge in [0, 0.05) is 35.6 Å². The highest BCUT2D eigenvalue weighted by molar-refractivity contribution is 6.04. The van der Waals surface area contributed by atoms with Gasteiger partial charge in [0.25, 0.3) is 5.91 Å². The molecule has 1 aromatic heterocycles. The summed E-state index contributed by atoms with van der Waals surface area (Å²) in [5.41, 5.74) is 5.93. The lowest BCUT2D eigenvalue weighted by Crippen LogP contribution is -2.48. The number of aromatic nitrogens is 1. The second-order valence-corrected chi connectivity index (χ2v) is 10.7. The lowest BCUT2D eigenvalue weighted by atomic mass is 9.92. The van der Waals surface area contributed by atoms with E-state index in [0.717, 1.165) is 59.0 Å². The molecule has 0 saturated heterocycles. The third-order valence-electron chi connectivity index (χ3n) is 8.37. The maximum atomic E-state index is 14.0. The van der Waals surface area contributed by atoms with Crippen LogP contribution < -0.4 is 5.32 Å². The van der Waals surface area contributed by atoms with Gasteiger partial charge in [-0.3, -0.25) is 9.59 Å². The molecule has 3 unspecified atom stereocenters. The first-order valence-electron chi connectivity index (χ1n) is 14.3. The molecule has 3 atom stereocenters. The summed E-state index contributed by atoms with van der Waals surface area (Å²) >= 11 is 0. The Morgan fingerprint density at radius 2 is 1.64 bits per heavy atom. The van der Waals surface area contributed by atoms with Crippen molar-refractivity contribution >= 4 is 22.7 Å². The molecule has 0 radical (unpaired) electrons. The van der Waals surface area contributed by atoms with Crippen molar-refractivity contribution < 1.29 is 9.59 Å². The number of unbranched alkanes of at least 4 members (excludes halogenated alkanes) is 1. The first-order valence-corrected chi connectivity index (χ1v) is 14.3. The second kappa shape index (κ2) is 11.5. The number of hydrogen-bond acceptors (Lipinski definition) is 2. The van der Waals surface area contributed by atoms with Crippen molar-refractivity contribution in [3.63, 3.8) is 0 Å². The smallest absolute Gasteiger partial charge is 0.255 e. The number of fused-ring (bicyclic) bond motifs is 2. The summed E-state index contributed by atoms with van der Waals surface area (Å²) in [6, 6.07) is 25.5. The van der Waals surface area contributed by atoms with Gasteiger partial charge in [0.2, 0.25) is 5.91 Å². The molecule has 1 aliphatic heterocycles. The van der Waals surface area contributed by atoms with Crippen molar-refractivity contribution in [2.24, 2.45) is 13.0 Å². The highest BCUT2D eigenvalue weighted by Crippen LogP contribution is 2.47. The fourth-order valence-electron chi connectivity index (χ4n) is 6.14. The molecule has 202 valence electrons. The molecule has 0 saturated carbocycles. The SMILES string of the molecule is CCCCC(CC)CNC(=O)C(C)N1C(=O)c2ccccc2C1c1c(-c2ccccc2)n(C)c2ccccc12. The maximum absolute atomic E-state index is 14.0. The Balaban J connectivity index is 1.61. The van der Waals surface area contributed by atoms with Crippen LogP contribution in [0.4, 0.5) is 0 Å². The Morgan fingerprint density at radius 3 is 2.38 bits per heavy atom. The van der Waals surface area contributed by atoms with Crippen LogP contribution in [-0.2, 0) is 11.8 Å². The fourth-order valence-corrected chi connectivity index (χ4v) is 6.14. The quantitative estimate of drug-likeness (QED) is 0.242. The molecule has 0 bridgehead atoms. The molecule has 0 spiro atoms. The fraction of sp³-hybridized carbons (Fsp3) is 0.353. The zero-order chi connectivity index (χ0) is 27.5. The zero-order valence-electron chi connectivity index (χ0n) is 23.5. The number of carbonyl (C=O) groups is 2. The Morgan fingerprint density at radius 1 is 0.949 bits per heavy atom. The van der Waals surface area contributed by atoms with E-state index in [1.807, 2.05) is 61.5 Å². The average molecular weight is 522 g/mol. The number of para-hydroxylation sites is 1. The van der Waals surface area contributed by atoms with Gasteiger partial charge in [-0.15, -0.1) is 0 Å². The summed E-state index contributed by atoms with van der Waals surface area (Å²) in [5.74, 6) is 0.256. The van der Waals surface area contributed by atoms with Crippen molar-refractivity contribution in [2.45, 2.75) is 58.5 Å². The van der Waals surface area contributed by atoms with E-state index in [-0.39, 0.29) is 17.9 Å².